The van der Waals surface area contributed by atoms with E-state index >= 15 is 0 Å². The number of para-hydroxylation sites is 1. The van der Waals surface area contributed by atoms with Crippen LogP contribution in [0.4, 0.5) is 5.69 Å². The molecule has 2 aliphatic heterocycles. The molecule has 3 nitrogen and oxygen atoms in total. The van der Waals surface area contributed by atoms with Crippen molar-refractivity contribution in [3.63, 3.8) is 0 Å². The van der Waals surface area contributed by atoms with Gasteiger partial charge in [-0.2, -0.15) is 0 Å². The summed E-state index contributed by atoms with van der Waals surface area (Å²) in [4.78, 5) is 17.6. The summed E-state index contributed by atoms with van der Waals surface area (Å²) >= 11 is 5.98. The van der Waals surface area contributed by atoms with Crippen molar-refractivity contribution >= 4 is 23.2 Å². The number of carbonyl (C=O) groups is 1. The fourth-order valence-corrected chi connectivity index (χ4v) is 4.02. The third-order valence-electron chi connectivity index (χ3n) is 5.32. The van der Waals surface area contributed by atoms with Crippen molar-refractivity contribution in [1.29, 1.82) is 0 Å². The van der Waals surface area contributed by atoms with E-state index in [-0.39, 0.29) is 5.91 Å². The molecule has 0 unspecified atom stereocenters. The van der Waals surface area contributed by atoms with Gasteiger partial charge in [-0.1, -0.05) is 29.8 Å². The van der Waals surface area contributed by atoms with Gasteiger partial charge in [0.05, 0.1) is 0 Å². The van der Waals surface area contributed by atoms with Crippen molar-refractivity contribution < 1.29 is 4.79 Å². The molecular formula is C21H21ClN2O. The van der Waals surface area contributed by atoms with Crippen LogP contribution in [0.1, 0.15) is 29.6 Å². The molecule has 0 radical (unpaired) electrons. The van der Waals surface area contributed by atoms with Crippen LogP contribution in [0, 0.1) is 0 Å². The second-order valence-electron chi connectivity index (χ2n) is 6.81. The molecule has 0 saturated carbocycles. The monoisotopic (exact) mass is 352 g/mol. The molecule has 1 fully saturated rings. The average Bonchev–Trinajstić information content (AvgIpc) is 2.84. The number of nitrogens with zero attached hydrogens (tertiary/aromatic N) is 2. The van der Waals surface area contributed by atoms with E-state index in [4.69, 9.17) is 11.6 Å². The first kappa shape index (κ1) is 16.4. The van der Waals surface area contributed by atoms with Crippen LogP contribution in [0.5, 0.6) is 0 Å². The van der Waals surface area contributed by atoms with Gasteiger partial charge >= 0.3 is 0 Å². The van der Waals surface area contributed by atoms with E-state index in [1.165, 1.54) is 12.8 Å². The fraction of sp³-hybridized carbons (Fsp3) is 0.286. The molecule has 2 aromatic rings. The van der Waals surface area contributed by atoms with Crippen molar-refractivity contribution in [3.8, 4) is 0 Å². The highest BCUT2D eigenvalue weighted by Crippen LogP contribution is 2.36. The van der Waals surface area contributed by atoms with E-state index in [2.05, 4.69) is 18.0 Å². The SMILES string of the molecule is CN1[C@H]2CC[C@H]1C=C(N(C(=O)c1ccc(Cl)cc1)c1ccccc1)C2. The lowest BCUT2D eigenvalue weighted by Gasteiger charge is -2.35. The Morgan fingerprint density at radius 2 is 1.80 bits per heavy atom. The Balaban J connectivity index is 1.74. The summed E-state index contributed by atoms with van der Waals surface area (Å²) < 4.78 is 0. The van der Waals surface area contributed by atoms with Crippen LogP contribution < -0.4 is 4.90 Å². The highest BCUT2D eigenvalue weighted by molar-refractivity contribution is 6.30. The molecule has 2 bridgehead atoms. The molecule has 1 amide bonds. The summed E-state index contributed by atoms with van der Waals surface area (Å²) in [5.74, 6) is -0.00179. The van der Waals surface area contributed by atoms with Gasteiger partial charge < -0.3 is 0 Å². The van der Waals surface area contributed by atoms with Gasteiger partial charge in [0, 0.05) is 40.5 Å². The van der Waals surface area contributed by atoms with Crippen LogP contribution in [0.2, 0.25) is 5.02 Å². The van der Waals surface area contributed by atoms with Gasteiger partial charge in [0.2, 0.25) is 0 Å². The van der Waals surface area contributed by atoms with Gasteiger partial charge in [-0.25, -0.2) is 0 Å². The van der Waals surface area contributed by atoms with Crippen LogP contribution in [0.15, 0.2) is 66.4 Å². The number of carbonyl (C=O) groups excluding carboxylic acids is 1. The maximum atomic E-state index is 13.3. The second-order valence-corrected chi connectivity index (χ2v) is 7.25. The predicted molar refractivity (Wildman–Crippen MR) is 102 cm³/mol. The zero-order valence-corrected chi connectivity index (χ0v) is 15.0. The number of anilines is 1. The molecule has 4 heteroatoms. The molecular weight excluding hydrogens is 332 g/mol. The largest absolute Gasteiger partial charge is 0.297 e. The number of amides is 1. The minimum absolute atomic E-state index is 0.00179. The number of likely N-dealkylation sites (N-methyl/N-ethyl adjacent to an activating group) is 1. The van der Waals surface area contributed by atoms with Gasteiger partial charge in [-0.3, -0.25) is 14.6 Å². The molecule has 2 atom stereocenters. The number of fused-ring (bicyclic) bond motifs is 2. The van der Waals surface area contributed by atoms with Crippen LogP contribution in [-0.4, -0.2) is 29.9 Å². The molecule has 128 valence electrons. The lowest BCUT2D eigenvalue weighted by molar-refractivity contribution is 0.0991. The van der Waals surface area contributed by atoms with Crippen molar-refractivity contribution in [2.75, 3.05) is 11.9 Å². The van der Waals surface area contributed by atoms with Gasteiger partial charge in [0.15, 0.2) is 0 Å². The summed E-state index contributed by atoms with van der Waals surface area (Å²) in [5.41, 5.74) is 2.68. The molecule has 0 aliphatic carbocycles. The Morgan fingerprint density at radius 1 is 1.08 bits per heavy atom. The van der Waals surface area contributed by atoms with Gasteiger partial charge in [0.1, 0.15) is 0 Å². The molecule has 0 spiro atoms. The lowest BCUT2D eigenvalue weighted by Crippen LogP contribution is -2.40. The summed E-state index contributed by atoms with van der Waals surface area (Å²) in [6.07, 6.45) is 5.53. The van der Waals surface area contributed by atoms with Crippen LogP contribution in [0.25, 0.3) is 0 Å². The minimum atomic E-state index is -0.00179. The lowest BCUT2D eigenvalue weighted by atomic mass is 10.0. The molecule has 1 saturated heterocycles. The number of hydrogen-bond donors (Lipinski definition) is 0. The standard InChI is InChI=1S/C21H21ClN2O/c1-23-18-11-12-19(23)14-20(13-18)24(17-5-3-2-4-6-17)21(25)15-7-9-16(22)10-8-15/h2-10,13,18-19H,11-12,14H2,1H3/t18-,19-/m0/s1. The average molecular weight is 353 g/mol. The minimum Gasteiger partial charge on any atom is -0.297 e. The molecule has 2 aromatic carbocycles. The number of benzene rings is 2. The molecule has 2 aliphatic rings. The Bertz CT molecular complexity index is 800. The van der Waals surface area contributed by atoms with E-state index in [9.17, 15) is 4.79 Å². The summed E-state index contributed by atoms with van der Waals surface area (Å²) in [6, 6.07) is 18.0. The first-order valence-electron chi connectivity index (χ1n) is 8.71. The normalized spacial score (nSPS) is 22.6. The number of rotatable bonds is 3. The van der Waals surface area contributed by atoms with E-state index in [0.717, 1.165) is 17.8 Å². The van der Waals surface area contributed by atoms with Crippen LogP contribution in [0.3, 0.4) is 0 Å². The quantitative estimate of drug-likeness (QED) is 0.796. The Labute approximate surface area is 153 Å². The number of hydrogen-bond acceptors (Lipinski definition) is 2. The van der Waals surface area contributed by atoms with Crippen molar-refractivity contribution in [1.82, 2.24) is 4.90 Å². The highest BCUT2D eigenvalue weighted by atomic mass is 35.5. The summed E-state index contributed by atoms with van der Waals surface area (Å²) in [5, 5.41) is 0.638. The van der Waals surface area contributed by atoms with E-state index in [1.807, 2.05) is 35.2 Å². The van der Waals surface area contributed by atoms with Crippen LogP contribution >= 0.6 is 11.6 Å². The summed E-state index contributed by atoms with van der Waals surface area (Å²) in [6.45, 7) is 0. The van der Waals surface area contributed by atoms with E-state index in [0.29, 0.717) is 22.7 Å². The molecule has 2 heterocycles. The first-order valence-corrected chi connectivity index (χ1v) is 9.09. The maximum absolute atomic E-state index is 13.3. The molecule has 4 rings (SSSR count). The van der Waals surface area contributed by atoms with E-state index < -0.39 is 0 Å². The molecule has 0 N–H and O–H groups in total. The second kappa shape index (κ2) is 6.66. The van der Waals surface area contributed by atoms with Gasteiger partial charge in [-0.05, 0) is 62.4 Å². The Morgan fingerprint density at radius 3 is 2.48 bits per heavy atom. The van der Waals surface area contributed by atoms with Crippen molar-refractivity contribution in [2.45, 2.75) is 31.3 Å². The zero-order valence-electron chi connectivity index (χ0n) is 14.2. The highest BCUT2D eigenvalue weighted by Gasteiger charge is 2.36. The third kappa shape index (κ3) is 3.10. The van der Waals surface area contributed by atoms with E-state index in [1.54, 1.807) is 24.3 Å². The van der Waals surface area contributed by atoms with Gasteiger partial charge in [0.25, 0.3) is 5.91 Å². The fourth-order valence-electron chi connectivity index (χ4n) is 3.90. The summed E-state index contributed by atoms with van der Waals surface area (Å²) in [7, 11) is 2.18. The van der Waals surface area contributed by atoms with Crippen molar-refractivity contribution in [3.05, 3.63) is 77.0 Å². The first-order chi connectivity index (χ1) is 12.1. The molecule has 0 aromatic heterocycles. The smallest absolute Gasteiger partial charge is 0.262 e. The predicted octanol–water partition coefficient (Wildman–Crippen LogP) is 4.74. The third-order valence-corrected chi connectivity index (χ3v) is 5.57. The molecule has 25 heavy (non-hydrogen) atoms. The Hall–Kier alpha value is -2.10. The van der Waals surface area contributed by atoms with Gasteiger partial charge in [-0.15, -0.1) is 0 Å². The number of halogens is 1. The van der Waals surface area contributed by atoms with Crippen LogP contribution in [-0.2, 0) is 0 Å². The zero-order chi connectivity index (χ0) is 17.4. The Kier molecular flexibility index (Phi) is 4.36. The van der Waals surface area contributed by atoms with Crippen molar-refractivity contribution in [2.24, 2.45) is 0 Å². The topological polar surface area (TPSA) is 23.6 Å². The maximum Gasteiger partial charge on any atom is 0.262 e.